The third kappa shape index (κ3) is 5.30. The van der Waals surface area contributed by atoms with Gasteiger partial charge in [-0.1, -0.05) is 30.3 Å². The van der Waals surface area contributed by atoms with Gasteiger partial charge < -0.3 is 16.0 Å². The fraction of sp³-hybridized carbons (Fsp3) is 0.429. The molecule has 1 aliphatic heterocycles. The van der Waals surface area contributed by atoms with Crippen molar-refractivity contribution >= 4 is 11.6 Å². The number of aryl methyl sites for hydroxylation is 1. The van der Waals surface area contributed by atoms with Gasteiger partial charge in [-0.2, -0.15) is 0 Å². The number of carbonyl (C=O) groups is 1. The van der Waals surface area contributed by atoms with E-state index in [2.05, 4.69) is 45.5 Å². The number of nitrogen functional groups attached to an aromatic ring is 1. The molecule has 0 saturated carbocycles. The summed E-state index contributed by atoms with van der Waals surface area (Å²) in [6.07, 6.45) is 8.05. The van der Waals surface area contributed by atoms with E-state index in [1.807, 2.05) is 0 Å². The maximum atomic E-state index is 12.1. The smallest absolute Gasteiger partial charge is 0.254 e. The predicted molar refractivity (Wildman–Crippen MR) is 105 cm³/mol. The monoisotopic (exact) mass is 352 g/mol. The molecule has 3 rings (SSSR count). The lowest BCUT2D eigenvalue weighted by Gasteiger charge is -2.32. The Morgan fingerprint density at radius 3 is 2.69 bits per heavy atom. The van der Waals surface area contributed by atoms with E-state index in [-0.39, 0.29) is 5.91 Å². The molecule has 5 nitrogen and oxygen atoms in total. The van der Waals surface area contributed by atoms with Crippen LogP contribution in [0.2, 0.25) is 0 Å². The Bertz CT molecular complexity index is 696. The maximum absolute atomic E-state index is 12.1. The van der Waals surface area contributed by atoms with Crippen LogP contribution >= 0.6 is 0 Å². The van der Waals surface area contributed by atoms with Crippen LogP contribution in [0.25, 0.3) is 0 Å². The number of piperidine rings is 1. The normalized spacial score (nSPS) is 15.7. The van der Waals surface area contributed by atoms with Gasteiger partial charge in [-0.05, 0) is 56.3 Å². The second-order valence-corrected chi connectivity index (χ2v) is 7.03. The molecular formula is C21H28N4O. The van der Waals surface area contributed by atoms with Gasteiger partial charge in [0.2, 0.25) is 0 Å². The van der Waals surface area contributed by atoms with E-state index >= 15 is 0 Å². The van der Waals surface area contributed by atoms with Crippen LogP contribution in [0.15, 0.2) is 48.8 Å². The lowest BCUT2D eigenvalue weighted by Crippen LogP contribution is -2.39. The summed E-state index contributed by atoms with van der Waals surface area (Å²) in [6.45, 7) is 3.76. The zero-order valence-corrected chi connectivity index (χ0v) is 15.2. The van der Waals surface area contributed by atoms with Crippen molar-refractivity contribution in [3.8, 4) is 0 Å². The largest absolute Gasteiger partial charge is 0.398 e. The predicted octanol–water partition coefficient (Wildman–Crippen LogP) is 2.74. The summed E-state index contributed by atoms with van der Waals surface area (Å²) in [7, 11) is 0. The van der Waals surface area contributed by atoms with E-state index in [0.29, 0.717) is 17.8 Å². The number of hydrogen-bond acceptors (Lipinski definition) is 4. The van der Waals surface area contributed by atoms with Crippen LogP contribution in [0.5, 0.6) is 0 Å². The minimum Gasteiger partial charge on any atom is -0.398 e. The first-order valence-electron chi connectivity index (χ1n) is 9.46. The summed E-state index contributed by atoms with van der Waals surface area (Å²) in [5, 5.41) is 2.94. The number of pyridine rings is 1. The molecule has 0 radical (unpaired) electrons. The average Bonchev–Trinajstić information content (AvgIpc) is 2.68. The van der Waals surface area contributed by atoms with E-state index in [1.54, 1.807) is 12.3 Å². The second-order valence-electron chi connectivity index (χ2n) is 7.03. The molecule has 1 aliphatic rings. The molecule has 0 atom stereocenters. The molecule has 26 heavy (non-hydrogen) atoms. The number of aromatic nitrogens is 1. The van der Waals surface area contributed by atoms with Crippen LogP contribution < -0.4 is 11.1 Å². The van der Waals surface area contributed by atoms with Crippen LogP contribution in [0.3, 0.4) is 0 Å². The third-order valence-electron chi connectivity index (χ3n) is 5.20. The summed E-state index contributed by atoms with van der Waals surface area (Å²) >= 11 is 0. The Morgan fingerprint density at radius 1 is 1.19 bits per heavy atom. The second kappa shape index (κ2) is 9.34. The van der Waals surface area contributed by atoms with Crippen molar-refractivity contribution in [2.24, 2.45) is 5.92 Å². The number of likely N-dealkylation sites (tertiary alicyclic amines) is 1. The highest BCUT2D eigenvalue weighted by Crippen LogP contribution is 2.22. The number of nitrogens with zero attached hydrogens (tertiary/aromatic N) is 2. The first kappa shape index (κ1) is 18.4. The van der Waals surface area contributed by atoms with Crippen molar-refractivity contribution in [2.75, 3.05) is 31.9 Å². The zero-order valence-electron chi connectivity index (χ0n) is 15.2. The van der Waals surface area contributed by atoms with Gasteiger partial charge in [0.15, 0.2) is 0 Å². The van der Waals surface area contributed by atoms with Gasteiger partial charge in [-0.15, -0.1) is 0 Å². The molecule has 0 unspecified atom stereocenters. The van der Waals surface area contributed by atoms with Crippen LogP contribution in [0.1, 0.15) is 35.2 Å². The van der Waals surface area contributed by atoms with Crippen molar-refractivity contribution < 1.29 is 4.79 Å². The highest BCUT2D eigenvalue weighted by atomic mass is 16.1. The number of amides is 1. The molecule has 1 fully saturated rings. The quantitative estimate of drug-likeness (QED) is 0.804. The van der Waals surface area contributed by atoms with Crippen molar-refractivity contribution in [2.45, 2.75) is 25.7 Å². The molecule has 138 valence electrons. The number of carbonyl (C=O) groups excluding carboxylic acids is 1. The molecule has 1 aromatic carbocycles. The number of hydrogen-bond donors (Lipinski definition) is 2. The Kier molecular flexibility index (Phi) is 6.61. The summed E-state index contributed by atoms with van der Waals surface area (Å²) in [5.74, 6) is 0.671. The first-order valence-corrected chi connectivity index (χ1v) is 9.46. The third-order valence-corrected chi connectivity index (χ3v) is 5.20. The summed E-state index contributed by atoms with van der Waals surface area (Å²) in [6, 6.07) is 12.4. The molecule has 1 amide bonds. The Labute approximate surface area is 155 Å². The topological polar surface area (TPSA) is 71.2 Å². The Hall–Kier alpha value is -2.40. The average molecular weight is 352 g/mol. The lowest BCUT2D eigenvalue weighted by molar-refractivity contribution is 0.0944. The summed E-state index contributed by atoms with van der Waals surface area (Å²) in [4.78, 5) is 18.5. The molecule has 0 aliphatic carbocycles. The number of nitrogens with one attached hydrogen (secondary N) is 1. The van der Waals surface area contributed by atoms with Gasteiger partial charge in [-0.3, -0.25) is 9.78 Å². The van der Waals surface area contributed by atoms with Gasteiger partial charge in [0.05, 0.1) is 5.56 Å². The van der Waals surface area contributed by atoms with Crippen LogP contribution in [-0.4, -0.2) is 42.0 Å². The summed E-state index contributed by atoms with van der Waals surface area (Å²) in [5.41, 5.74) is 8.17. The lowest BCUT2D eigenvalue weighted by atomic mass is 9.90. The van der Waals surface area contributed by atoms with Gasteiger partial charge in [0, 0.05) is 31.2 Å². The summed E-state index contributed by atoms with van der Waals surface area (Å²) < 4.78 is 0. The zero-order chi connectivity index (χ0) is 18.2. The standard InChI is InChI=1S/C21H28N4O/c22-20-8-11-23-16-19(20)21(26)24-12-15-25-13-9-18(10-14-25)7-6-17-4-2-1-3-5-17/h1-5,8,11,16,18H,6-7,9-10,12-15H2,(H2,22,23)(H,24,26). The van der Waals surface area contributed by atoms with Crippen LogP contribution in [-0.2, 0) is 6.42 Å². The fourth-order valence-electron chi connectivity index (χ4n) is 3.53. The number of nitrogens with two attached hydrogens (primary N) is 1. The minimum absolute atomic E-state index is 0.145. The molecule has 3 N–H and O–H groups in total. The fourth-order valence-corrected chi connectivity index (χ4v) is 3.53. The van der Waals surface area contributed by atoms with Crippen LogP contribution in [0.4, 0.5) is 5.69 Å². The Balaban J connectivity index is 1.33. The molecule has 0 bridgehead atoms. The number of benzene rings is 1. The van der Waals surface area contributed by atoms with Crippen LogP contribution in [0, 0.1) is 5.92 Å². The van der Waals surface area contributed by atoms with E-state index in [4.69, 9.17) is 5.73 Å². The molecule has 1 aromatic heterocycles. The Morgan fingerprint density at radius 2 is 1.96 bits per heavy atom. The molecule has 2 aromatic rings. The SMILES string of the molecule is Nc1ccncc1C(=O)NCCN1CCC(CCc2ccccc2)CC1. The molecule has 2 heterocycles. The molecule has 1 saturated heterocycles. The van der Waals surface area contributed by atoms with Crippen molar-refractivity contribution in [3.63, 3.8) is 0 Å². The number of anilines is 1. The number of rotatable bonds is 7. The van der Waals surface area contributed by atoms with Gasteiger partial charge in [0.25, 0.3) is 5.91 Å². The highest BCUT2D eigenvalue weighted by Gasteiger charge is 2.19. The van der Waals surface area contributed by atoms with E-state index in [1.165, 1.54) is 37.4 Å². The maximum Gasteiger partial charge on any atom is 0.254 e. The van der Waals surface area contributed by atoms with E-state index in [0.717, 1.165) is 25.6 Å². The van der Waals surface area contributed by atoms with Gasteiger partial charge in [0.1, 0.15) is 0 Å². The van der Waals surface area contributed by atoms with Gasteiger partial charge >= 0.3 is 0 Å². The minimum atomic E-state index is -0.145. The van der Waals surface area contributed by atoms with Crippen molar-refractivity contribution in [1.29, 1.82) is 0 Å². The molecular weight excluding hydrogens is 324 g/mol. The van der Waals surface area contributed by atoms with Gasteiger partial charge in [-0.25, -0.2) is 0 Å². The molecule has 5 heteroatoms. The molecule has 0 spiro atoms. The van der Waals surface area contributed by atoms with E-state index < -0.39 is 0 Å². The highest BCUT2D eigenvalue weighted by molar-refractivity contribution is 5.98. The van der Waals surface area contributed by atoms with E-state index in [9.17, 15) is 4.79 Å². The first-order chi connectivity index (χ1) is 12.7. The van der Waals surface area contributed by atoms with Crippen molar-refractivity contribution in [1.82, 2.24) is 15.2 Å². The van der Waals surface area contributed by atoms with Crippen molar-refractivity contribution in [3.05, 3.63) is 59.9 Å².